The van der Waals surface area contributed by atoms with Gasteiger partial charge < -0.3 is 4.74 Å². The first kappa shape index (κ1) is 17.4. The van der Waals surface area contributed by atoms with Gasteiger partial charge in [-0.2, -0.15) is 0 Å². The van der Waals surface area contributed by atoms with Crippen LogP contribution in [0.1, 0.15) is 22.8 Å². The number of hydrazine groups is 1. The molecule has 0 spiro atoms. The molecule has 0 saturated heterocycles. The van der Waals surface area contributed by atoms with Gasteiger partial charge in [-0.3, -0.25) is 10.2 Å². The predicted octanol–water partition coefficient (Wildman–Crippen LogP) is 3.60. The molecule has 6 heteroatoms. The minimum Gasteiger partial charge on any atom is -0.449 e. The second-order valence-corrected chi connectivity index (χ2v) is 5.74. The number of benzene rings is 2. The Labute approximate surface area is 151 Å². The van der Waals surface area contributed by atoms with Gasteiger partial charge in [0.1, 0.15) is 0 Å². The van der Waals surface area contributed by atoms with Crippen molar-refractivity contribution in [2.75, 3.05) is 6.61 Å². The highest BCUT2D eigenvalue weighted by molar-refractivity contribution is 6.07. The van der Waals surface area contributed by atoms with Crippen molar-refractivity contribution in [2.45, 2.75) is 13.8 Å². The molecular weight excluding hydrogens is 330 g/mol. The fourth-order valence-electron chi connectivity index (χ4n) is 2.63. The van der Waals surface area contributed by atoms with Crippen LogP contribution in [-0.2, 0) is 4.74 Å². The van der Waals surface area contributed by atoms with E-state index in [4.69, 9.17) is 4.74 Å². The van der Waals surface area contributed by atoms with Crippen LogP contribution in [0.25, 0.3) is 22.2 Å². The molecule has 0 fully saturated rings. The zero-order valence-electron chi connectivity index (χ0n) is 14.6. The van der Waals surface area contributed by atoms with Gasteiger partial charge in [-0.15, -0.1) is 0 Å². The summed E-state index contributed by atoms with van der Waals surface area (Å²) in [5.41, 5.74) is 8.36. The van der Waals surface area contributed by atoms with E-state index in [9.17, 15) is 9.59 Å². The van der Waals surface area contributed by atoms with Crippen molar-refractivity contribution in [1.29, 1.82) is 0 Å². The molecule has 3 aromatic rings. The first-order valence-electron chi connectivity index (χ1n) is 8.28. The van der Waals surface area contributed by atoms with Crippen LogP contribution in [0, 0.1) is 6.92 Å². The Balaban J connectivity index is 2.02. The smallest absolute Gasteiger partial charge is 0.426 e. The second-order valence-electron chi connectivity index (χ2n) is 5.74. The molecule has 3 rings (SSSR count). The van der Waals surface area contributed by atoms with Gasteiger partial charge in [0.15, 0.2) is 0 Å². The lowest BCUT2D eigenvalue weighted by Gasteiger charge is -2.12. The number of carbonyl (C=O) groups is 2. The van der Waals surface area contributed by atoms with Crippen molar-refractivity contribution in [1.82, 2.24) is 15.8 Å². The second kappa shape index (κ2) is 7.65. The number of amides is 2. The monoisotopic (exact) mass is 349 g/mol. The van der Waals surface area contributed by atoms with E-state index in [0.717, 1.165) is 11.1 Å². The van der Waals surface area contributed by atoms with Crippen LogP contribution in [0.5, 0.6) is 0 Å². The molecule has 0 aliphatic carbocycles. The van der Waals surface area contributed by atoms with Gasteiger partial charge in [0, 0.05) is 10.9 Å². The molecule has 0 aliphatic rings. The predicted molar refractivity (Wildman–Crippen MR) is 99.5 cm³/mol. The van der Waals surface area contributed by atoms with E-state index in [2.05, 4.69) is 15.8 Å². The summed E-state index contributed by atoms with van der Waals surface area (Å²) in [6.07, 6.45) is -0.710. The lowest BCUT2D eigenvalue weighted by molar-refractivity contribution is 0.0914. The maximum Gasteiger partial charge on any atom is 0.426 e. The summed E-state index contributed by atoms with van der Waals surface area (Å²) in [6.45, 7) is 3.85. The van der Waals surface area contributed by atoms with E-state index >= 15 is 0 Å². The van der Waals surface area contributed by atoms with Crippen molar-refractivity contribution in [3.8, 4) is 11.3 Å². The van der Waals surface area contributed by atoms with E-state index in [0.29, 0.717) is 22.2 Å². The summed E-state index contributed by atoms with van der Waals surface area (Å²) >= 11 is 0. The molecule has 0 bridgehead atoms. The van der Waals surface area contributed by atoms with Crippen molar-refractivity contribution in [3.05, 3.63) is 65.7 Å². The highest BCUT2D eigenvalue weighted by Gasteiger charge is 2.15. The summed E-state index contributed by atoms with van der Waals surface area (Å²) in [6, 6.07) is 17.1. The number of nitrogens with zero attached hydrogens (tertiary/aromatic N) is 1. The average Bonchev–Trinajstić information content (AvgIpc) is 2.66. The van der Waals surface area contributed by atoms with E-state index in [1.807, 2.05) is 55.5 Å². The molecule has 6 nitrogen and oxygen atoms in total. The Morgan fingerprint density at radius 1 is 1.04 bits per heavy atom. The number of hydrogen-bond donors (Lipinski definition) is 2. The molecule has 0 saturated carbocycles. The molecule has 0 aliphatic heterocycles. The molecule has 26 heavy (non-hydrogen) atoms. The van der Waals surface area contributed by atoms with Crippen LogP contribution in [0.4, 0.5) is 4.79 Å². The number of fused-ring (bicyclic) bond motifs is 1. The van der Waals surface area contributed by atoms with Gasteiger partial charge in [-0.05, 0) is 32.0 Å². The molecular formula is C20H19N3O3. The summed E-state index contributed by atoms with van der Waals surface area (Å²) in [5.74, 6) is -0.437. The minimum absolute atomic E-state index is 0.219. The molecule has 0 atom stereocenters. The molecule has 2 amide bonds. The molecule has 2 N–H and O–H groups in total. The van der Waals surface area contributed by atoms with Crippen molar-refractivity contribution in [3.63, 3.8) is 0 Å². The summed E-state index contributed by atoms with van der Waals surface area (Å²) in [7, 11) is 0. The van der Waals surface area contributed by atoms with E-state index in [1.165, 1.54) is 0 Å². The summed E-state index contributed by atoms with van der Waals surface area (Å²) in [5, 5.41) is 0.716. The van der Waals surface area contributed by atoms with Gasteiger partial charge in [0.2, 0.25) is 0 Å². The van der Waals surface area contributed by atoms with Crippen molar-refractivity contribution < 1.29 is 14.3 Å². The Bertz CT molecular complexity index is 955. The van der Waals surface area contributed by atoms with Crippen LogP contribution < -0.4 is 10.9 Å². The quantitative estimate of drug-likeness (QED) is 0.708. The standard InChI is InChI=1S/C20H19N3O3/c1-3-26-20(25)23-22-19(24)16-12-18(14-7-5-4-6-8-14)21-17-10-9-13(2)11-15(16)17/h4-12H,3H2,1-2H3,(H,22,24)(H,23,25). The number of ether oxygens (including phenoxy) is 1. The summed E-state index contributed by atoms with van der Waals surface area (Å²) in [4.78, 5) is 28.7. The van der Waals surface area contributed by atoms with Gasteiger partial charge in [-0.1, -0.05) is 42.0 Å². The zero-order valence-corrected chi connectivity index (χ0v) is 14.6. The van der Waals surface area contributed by atoms with Crippen LogP contribution >= 0.6 is 0 Å². The molecule has 132 valence electrons. The fraction of sp³-hybridized carbons (Fsp3) is 0.150. The lowest BCUT2D eigenvalue weighted by Crippen LogP contribution is -2.42. The molecule has 2 aromatic carbocycles. The van der Waals surface area contributed by atoms with Crippen molar-refractivity contribution >= 4 is 22.9 Å². The van der Waals surface area contributed by atoms with Gasteiger partial charge in [-0.25, -0.2) is 15.2 Å². The fourth-order valence-corrected chi connectivity index (χ4v) is 2.63. The van der Waals surface area contributed by atoms with E-state index < -0.39 is 12.0 Å². The number of carbonyl (C=O) groups excluding carboxylic acids is 2. The maximum atomic E-state index is 12.7. The highest BCUT2D eigenvalue weighted by atomic mass is 16.5. The number of nitrogens with one attached hydrogen (secondary N) is 2. The number of hydrogen-bond acceptors (Lipinski definition) is 4. The minimum atomic E-state index is -0.710. The largest absolute Gasteiger partial charge is 0.449 e. The molecule has 0 unspecified atom stereocenters. The Hall–Kier alpha value is -3.41. The van der Waals surface area contributed by atoms with Gasteiger partial charge >= 0.3 is 6.09 Å². The average molecular weight is 349 g/mol. The van der Waals surface area contributed by atoms with E-state index in [1.54, 1.807) is 13.0 Å². The van der Waals surface area contributed by atoms with Gasteiger partial charge in [0.25, 0.3) is 5.91 Å². The van der Waals surface area contributed by atoms with E-state index in [-0.39, 0.29) is 6.61 Å². The SMILES string of the molecule is CCOC(=O)NNC(=O)c1cc(-c2ccccc2)nc2ccc(C)cc12. The number of rotatable bonds is 3. The molecule has 1 heterocycles. The third kappa shape index (κ3) is 3.80. The number of aromatic nitrogens is 1. The first-order chi connectivity index (χ1) is 12.6. The van der Waals surface area contributed by atoms with Crippen molar-refractivity contribution in [2.24, 2.45) is 0 Å². The van der Waals surface area contributed by atoms with Crippen LogP contribution in [-0.4, -0.2) is 23.6 Å². The Morgan fingerprint density at radius 2 is 1.81 bits per heavy atom. The number of pyridine rings is 1. The molecule has 0 radical (unpaired) electrons. The third-order valence-electron chi connectivity index (χ3n) is 3.83. The lowest BCUT2D eigenvalue weighted by atomic mass is 10.0. The maximum absolute atomic E-state index is 12.7. The molecule has 1 aromatic heterocycles. The first-order valence-corrected chi connectivity index (χ1v) is 8.28. The Kier molecular flexibility index (Phi) is 5.12. The van der Waals surface area contributed by atoms with Crippen LogP contribution in [0.2, 0.25) is 0 Å². The highest BCUT2D eigenvalue weighted by Crippen LogP contribution is 2.25. The Morgan fingerprint density at radius 3 is 2.54 bits per heavy atom. The summed E-state index contributed by atoms with van der Waals surface area (Å²) < 4.78 is 4.75. The third-order valence-corrected chi connectivity index (χ3v) is 3.83. The zero-order chi connectivity index (χ0) is 18.5. The number of aryl methyl sites for hydroxylation is 1. The normalized spacial score (nSPS) is 10.4. The van der Waals surface area contributed by atoms with Gasteiger partial charge in [0.05, 0.1) is 23.4 Å². The van der Waals surface area contributed by atoms with Crippen LogP contribution in [0.15, 0.2) is 54.6 Å². The van der Waals surface area contributed by atoms with Crippen LogP contribution in [0.3, 0.4) is 0 Å². The topological polar surface area (TPSA) is 80.3 Å².